The van der Waals surface area contributed by atoms with Gasteiger partial charge in [-0.1, -0.05) is 73.5 Å². The third-order valence-electron chi connectivity index (χ3n) is 17.9. The number of ether oxygens (including phenoxy) is 3. The van der Waals surface area contributed by atoms with Gasteiger partial charge in [-0.25, -0.2) is 19.2 Å². The molecule has 25 heteroatoms. The summed E-state index contributed by atoms with van der Waals surface area (Å²) in [7, 11) is 5.11. The summed E-state index contributed by atoms with van der Waals surface area (Å²) >= 11 is 6.34. The molecular weight excluding hydrogens is 1130 g/mol. The summed E-state index contributed by atoms with van der Waals surface area (Å²) in [6.07, 6.45) is -0.137. The smallest absolute Gasteiger partial charge is 0.335 e. The molecule has 1 spiro atoms. The maximum absolute atomic E-state index is 15.5. The molecule has 24 nitrogen and oxygen atoms in total. The topological polar surface area (TPSA) is 367 Å². The highest BCUT2D eigenvalue weighted by atomic mass is 35.5. The third-order valence-corrected chi connectivity index (χ3v) is 18.1. The van der Waals surface area contributed by atoms with Crippen LogP contribution in [0.4, 0.5) is 5.69 Å². The van der Waals surface area contributed by atoms with Crippen molar-refractivity contribution in [1.82, 2.24) is 20.1 Å². The molecule has 5 aliphatic heterocycles. The van der Waals surface area contributed by atoms with E-state index in [-0.39, 0.29) is 24.5 Å². The minimum absolute atomic E-state index is 0.0206. The van der Waals surface area contributed by atoms with Crippen molar-refractivity contribution >= 4 is 69.9 Å². The number of aromatic nitrogens is 1. The number of hydrogen-bond acceptors (Lipinski definition) is 18. The summed E-state index contributed by atoms with van der Waals surface area (Å²) in [5.74, 6) is -7.82. The van der Waals surface area contributed by atoms with Gasteiger partial charge in [0.1, 0.15) is 22.9 Å². The van der Waals surface area contributed by atoms with Crippen molar-refractivity contribution in [1.29, 1.82) is 0 Å². The predicted molar refractivity (Wildman–Crippen MR) is 305 cm³/mol. The maximum Gasteiger partial charge on any atom is 0.335 e. The van der Waals surface area contributed by atoms with Crippen LogP contribution in [0.1, 0.15) is 79.2 Å². The number of esters is 2. The number of nitrogens with one attached hydrogen (secondary N) is 2. The number of aromatic amines is 1. The first-order chi connectivity index (χ1) is 40.2. The van der Waals surface area contributed by atoms with Crippen LogP contribution in [0.2, 0.25) is 5.02 Å². The zero-order chi connectivity index (χ0) is 62.2. The number of methoxy groups -OCH3 is 2. The van der Waals surface area contributed by atoms with Crippen molar-refractivity contribution in [2.45, 2.75) is 112 Å². The number of H-pyrrole nitrogens is 1. The zero-order valence-corrected chi connectivity index (χ0v) is 48.5. The van der Waals surface area contributed by atoms with Gasteiger partial charge in [0.15, 0.2) is 24.4 Å². The molecule has 5 unspecified atom stereocenters. The van der Waals surface area contributed by atoms with E-state index in [1.54, 1.807) is 31.4 Å². The Hall–Kier alpha value is -7.42. The number of aliphatic hydroxyl groups is 5. The molecule has 1 aliphatic carbocycles. The van der Waals surface area contributed by atoms with Gasteiger partial charge in [-0.05, 0) is 86.0 Å². The first-order valence-electron chi connectivity index (χ1n) is 27.8. The van der Waals surface area contributed by atoms with Gasteiger partial charge in [0.25, 0.3) is 5.91 Å². The van der Waals surface area contributed by atoms with E-state index in [0.29, 0.717) is 47.7 Å². The molecule has 3 aromatic carbocycles. The van der Waals surface area contributed by atoms with Gasteiger partial charge in [-0.2, -0.15) is 0 Å². The fourth-order valence-corrected chi connectivity index (χ4v) is 14.7. The van der Waals surface area contributed by atoms with Crippen molar-refractivity contribution < 1.29 is 93.7 Å². The molecule has 0 radical (unpaired) electrons. The lowest BCUT2D eigenvalue weighted by Gasteiger charge is -2.64. The van der Waals surface area contributed by atoms with E-state index in [1.165, 1.54) is 19.6 Å². The highest BCUT2D eigenvalue weighted by Crippen LogP contribution is 2.68. The number of carboxylic acid groups (broad SMARTS) is 4. The molecule has 2 bridgehead atoms. The molecule has 1 aromatic heterocycles. The average Bonchev–Trinajstić information content (AvgIpc) is 1.54. The summed E-state index contributed by atoms with van der Waals surface area (Å²) in [6.45, 7) is 9.41. The predicted octanol–water partition coefficient (Wildman–Crippen LogP) is 2.46. The maximum atomic E-state index is 15.5. The second kappa shape index (κ2) is 24.9. The number of rotatable bonds is 15. The quantitative estimate of drug-likeness (QED) is 0.0601. The first-order valence-corrected chi connectivity index (χ1v) is 28.1. The Morgan fingerprint density at radius 2 is 1.48 bits per heavy atom. The number of aliphatic carboxylic acids is 4. The molecular formula is C60H72ClN5O19. The number of para-hydroxylation sites is 1. The molecule has 1 saturated heterocycles. The lowest BCUT2D eigenvalue weighted by molar-refractivity contribution is -0.216. The van der Waals surface area contributed by atoms with Crippen molar-refractivity contribution in [2.75, 3.05) is 65.4 Å². The number of carboxylic acids is 4. The van der Waals surface area contributed by atoms with E-state index in [0.717, 1.165) is 72.4 Å². The second-order valence-electron chi connectivity index (χ2n) is 22.5. The summed E-state index contributed by atoms with van der Waals surface area (Å²) in [4.78, 5) is 92.8. The summed E-state index contributed by atoms with van der Waals surface area (Å²) in [6, 6.07) is 18.3. The molecule has 11 N–H and O–H groups in total. The number of anilines is 1. The van der Waals surface area contributed by atoms with Crippen molar-refractivity contribution in [2.24, 2.45) is 11.3 Å². The van der Waals surface area contributed by atoms with Crippen molar-refractivity contribution in [3.8, 4) is 5.75 Å². The number of benzene rings is 3. The lowest BCUT2D eigenvalue weighted by Crippen LogP contribution is -2.81. The summed E-state index contributed by atoms with van der Waals surface area (Å²) in [5.41, 5.74) is 2.28. The molecule has 4 aromatic rings. The SMILES string of the molecule is CCC1=C[C@@H]2CN(CCc3c([nH]c4ccccc34)[C@@](C(=O)OC)(c3cc4c(cc3OC)N(C)[C@H]3[C@@](O)(CNC(=O)c5cccc(Cl)c5)[C@H](OC(C)=O)[C@]5(CC)C=CCN6CC[C@]43[C@@H]65)C2)C1.O=C(O)C(O)C(O)C(=O)O.O=C(O)C(O)C(O)C(=O)O. The van der Waals surface area contributed by atoms with Gasteiger partial charge in [0, 0.05) is 102 Å². The molecule has 13 atom stereocenters. The average molecular weight is 1200 g/mol. The molecule has 458 valence electrons. The Kier molecular flexibility index (Phi) is 18.6. The van der Waals surface area contributed by atoms with Crippen LogP contribution >= 0.6 is 11.6 Å². The summed E-state index contributed by atoms with van der Waals surface area (Å²) < 4.78 is 18.9. The van der Waals surface area contributed by atoms with Crippen LogP contribution in [0.3, 0.4) is 0 Å². The van der Waals surface area contributed by atoms with Gasteiger partial charge in [0.05, 0.1) is 26.8 Å². The van der Waals surface area contributed by atoms with Gasteiger partial charge in [-0.3, -0.25) is 24.2 Å². The van der Waals surface area contributed by atoms with Crippen LogP contribution in [-0.4, -0.2) is 211 Å². The number of halogens is 1. The van der Waals surface area contributed by atoms with Crippen LogP contribution in [0.5, 0.6) is 5.75 Å². The third kappa shape index (κ3) is 11.1. The molecule has 2 fully saturated rings. The zero-order valence-electron chi connectivity index (χ0n) is 47.7. The number of aliphatic hydroxyl groups excluding tert-OH is 4. The van der Waals surface area contributed by atoms with Gasteiger partial charge >= 0.3 is 35.8 Å². The molecule has 1 saturated carbocycles. The van der Waals surface area contributed by atoms with Gasteiger partial charge in [0.2, 0.25) is 0 Å². The van der Waals surface area contributed by atoms with E-state index in [2.05, 4.69) is 81.3 Å². The summed E-state index contributed by atoms with van der Waals surface area (Å²) in [5, 5.41) is 83.6. The number of fused-ring (bicyclic) bond motifs is 6. The lowest BCUT2D eigenvalue weighted by atomic mass is 9.47. The Labute approximate surface area is 493 Å². The number of carbonyl (C=O) groups excluding carboxylic acids is 3. The van der Waals surface area contributed by atoms with E-state index in [1.807, 2.05) is 19.2 Å². The molecule has 1 amide bonds. The van der Waals surface area contributed by atoms with E-state index in [9.17, 15) is 33.9 Å². The monoisotopic (exact) mass is 1200 g/mol. The van der Waals surface area contributed by atoms with E-state index < -0.39 is 94.2 Å². The van der Waals surface area contributed by atoms with Crippen LogP contribution < -0.4 is 15.0 Å². The highest BCUT2D eigenvalue weighted by Gasteiger charge is 2.78. The van der Waals surface area contributed by atoms with Crippen LogP contribution in [0, 0.1) is 11.3 Å². The molecule has 6 aliphatic rings. The Balaban J connectivity index is 0.000000403. The fourth-order valence-electron chi connectivity index (χ4n) is 14.5. The largest absolute Gasteiger partial charge is 0.496 e. The second-order valence-corrected chi connectivity index (χ2v) is 22.9. The number of nitrogens with zero attached hydrogens (tertiary/aromatic N) is 3. The van der Waals surface area contributed by atoms with Gasteiger partial charge in [-0.15, -0.1) is 0 Å². The molecule has 10 rings (SSSR count). The standard InChI is InChI=1S/C52H60ClN5O7.2C4H6O6/c1-7-32-23-33-27-51(48(61)64-6,43-37(17-21-57(28-32)29-33)36-15-9-10-16-40(36)55-43)39-25-38-41(26-42(39)63-5)56(4)46-50(38)19-22-58-20-12-18-49(8-2,45(50)58)47(65-31(3)59)52(46,62)30-54-44(60)34-13-11-14-35(53)24-34;2*5-1(3(7)8)2(6)4(9)10/h9-16,18,23-26,33,45-47,55,62H,7-8,17,19-22,27-30H2,1-6H3,(H,54,60);2*1-2,5-6H,(H,7,8)(H,9,10)/t33-,45-,46+,47+,49+,50+,51-,52-;;/m0../s1. The number of hydrogen-bond donors (Lipinski definition) is 11. The van der Waals surface area contributed by atoms with Gasteiger partial charge < -0.3 is 75.4 Å². The Morgan fingerprint density at radius 3 is 2.06 bits per heavy atom. The first kappa shape index (κ1) is 63.6. The van der Waals surface area contributed by atoms with E-state index >= 15 is 4.79 Å². The van der Waals surface area contributed by atoms with E-state index in [4.69, 9.17) is 66.7 Å². The minimum Gasteiger partial charge on any atom is -0.496 e. The normalized spacial score (nSPS) is 28.4. The van der Waals surface area contributed by atoms with Crippen molar-refractivity contribution in [3.63, 3.8) is 0 Å². The molecule has 6 heterocycles. The highest BCUT2D eigenvalue weighted by molar-refractivity contribution is 6.31. The van der Waals surface area contributed by atoms with Crippen LogP contribution in [0.15, 0.2) is 84.5 Å². The Morgan fingerprint density at radius 1 is 0.835 bits per heavy atom. The molecule has 85 heavy (non-hydrogen) atoms. The number of likely N-dealkylation sites (N-methyl/N-ethyl adjacent to an activating group) is 1. The van der Waals surface area contributed by atoms with Crippen molar-refractivity contribution in [3.05, 3.63) is 117 Å². The van der Waals surface area contributed by atoms with Crippen LogP contribution in [0.25, 0.3) is 10.9 Å². The minimum atomic E-state index is -2.27. The number of carbonyl (C=O) groups is 7. The fraction of sp³-hybridized carbons (Fsp3) is 0.483. The Bertz CT molecular complexity index is 3260. The number of amides is 1. The van der Waals surface area contributed by atoms with Crippen LogP contribution in [-0.2, 0) is 55.5 Å².